The number of hydrogen-bond donors (Lipinski definition) is 1. The lowest BCUT2D eigenvalue weighted by molar-refractivity contribution is 0.579. The van der Waals surface area contributed by atoms with Crippen LogP contribution in [0.4, 0.5) is 14.5 Å². The van der Waals surface area contributed by atoms with Crippen LogP contribution in [0, 0.1) is 11.6 Å². The van der Waals surface area contributed by atoms with Crippen LogP contribution >= 0.6 is 27.5 Å². The molecule has 5 nitrogen and oxygen atoms in total. The lowest BCUT2D eigenvalue weighted by Gasteiger charge is -2.10. The SMILES string of the molecule is Cn1ncc(Cl)c1S(=O)(=O)Nc1cc(F)c(Br)cc1F. The monoisotopic (exact) mass is 385 g/mol. The van der Waals surface area contributed by atoms with Gasteiger partial charge in [-0.25, -0.2) is 8.78 Å². The van der Waals surface area contributed by atoms with Gasteiger partial charge in [0.15, 0.2) is 5.03 Å². The topological polar surface area (TPSA) is 64.0 Å². The molecule has 0 atom stereocenters. The van der Waals surface area contributed by atoms with Crippen LogP contribution in [0.15, 0.2) is 27.8 Å². The Morgan fingerprint density at radius 1 is 1.35 bits per heavy atom. The predicted molar refractivity (Wildman–Crippen MR) is 73.1 cm³/mol. The van der Waals surface area contributed by atoms with E-state index in [0.29, 0.717) is 0 Å². The summed E-state index contributed by atoms with van der Waals surface area (Å²) in [4.78, 5) is 0. The normalized spacial score (nSPS) is 11.7. The van der Waals surface area contributed by atoms with E-state index in [9.17, 15) is 17.2 Å². The van der Waals surface area contributed by atoms with E-state index in [1.807, 2.05) is 4.72 Å². The van der Waals surface area contributed by atoms with Crippen LogP contribution in [0.5, 0.6) is 0 Å². The van der Waals surface area contributed by atoms with Crippen LogP contribution in [0.3, 0.4) is 0 Å². The zero-order valence-electron chi connectivity index (χ0n) is 9.86. The van der Waals surface area contributed by atoms with Gasteiger partial charge in [0.2, 0.25) is 0 Å². The first-order valence-electron chi connectivity index (χ1n) is 5.07. The van der Waals surface area contributed by atoms with Crippen LogP contribution < -0.4 is 4.72 Å². The Kier molecular flexibility index (Phi) is 4.03. The third-order valence-corrected chi connectivity index (χ3v) is 4.83. The Hall–Kier alpha value is -1.19. The number of nitrogens with one attached hydrogen (secondary N) is 1. The number of rotatable bonds is 3. The second kappa shape index (κ2) is 5.30. The highest BCUT2D eigenvalue weighted by atomic mass is 79.9. The van der Waals surface area contributed by atoms with E-state index in [0.717, 1.165) is 23.0 Å². The first-order valence-corrected chi connectivity index (χ1v) is 7.72. The number of halogens is 4. The smallest absolute Gasteiger partial charge is 0.275 e. The molecule has 2 aromatic rings. The molecule has 0 spiro atoms. The molecule has 0 unspecified atom stereocenters. The van der Waals surface area contributed by atoms with Crippen LogP contribution in [-0.2, 0) is 17.1 Å². The first-order chi connectivity index (χ1) is 9.22. The molecule has 10 heteroatoms. The Labute approximate surface area is 126 Å². The maximum absolute atomic E-state index is 13.6. The summed E-state index contributed by atoms with van der Waals surface area (Å²) in [6.45, 7) is 0. The molecule has 2 rings (SSSR count). The van der Waals surface area contributed by atoms with Gasteiger partial charge in [0.05, 0.1) is 21.4 Å². The van der Waals surface area contributed by atoms with Crippen molar-refractivity contribution in [1.82, 2.24) is 9.78 Å². The molecule has 1 heterocycles. The second-order valence-corrected chi connectivity index (χ2v) is 6.63. The van der Waals surface area contributed by atoms with Crippen molar-refractivity contribution in [3.63, 3.8) is 0 Å². The Balaban J connectivity index is 2.47. The summed E-state index contributed by atoms with van der Waals surface area (Å²) in [6.07, 6.45) is 1.13. The third-order valence-electron chi connectivity index (χ3n) is 2.35. The summed E-state index contributed by atoms with van der Waals surface area (Å²) in [5.74, 6) is -1.74. The van der Waals surface area contributed by atoms with Crippen LogP contribution in [0.2, 0.25) is 5.02 Å². The van der Waals surface area contributed by atoms with E-state index in [1.165, 1.54) is 7.05 Å². The Morgan fingerprint density at radius 2 is 2.00 bits per heavy atom. The maximum Gasteiger partial charge on any atom is 0.280 e. The van der Waals surface area contributed by atoms with E-state index in [-0.39, 0.29) is 14.5 Å². The molecule has 0 aliphatic carbocycles. The number of aromatic nitrogens is 2. The molecule has 0 radical (unpaired) electrons. The Bertz CT molecular complexity index is 760. The van der Waals surface area contributed by atoms with Gasteiger partial charge in [0.1, 0.15) is 11.6 Å². The second-order valence-electron chi connectivity index (χ2n) is 3.77. The maximum atomic E-state index is 13.6. The number of benzene rings is 1. The van der Waals surface area contributed by atoms with Gasteiger partial charge < -0.3 is 0 Å². The minimum atomic E-state index is -4.19. The van der Waals surface area contributed by atoms with Gasteiger partial charge in [0.25, 0.3) is 10.0 Å². The van der Waals surface area contributed by atoms with Crippen LogP contribution in [0.1, 0.15) is 0 Å². The molecule has 0 aliphatic rings. The van der Waals surface area contributed by atoms with E-state index in [1.54, 1.807) is 0 Å². The van der Waals surface area contributed by atoms with Crippen molar-refractivity contribution in [2.45, 2.75) is 5.03 Å². The van der Waals surface area contributed by atoms with E-state index < -0.39 is 27.3 Å². The lowest BCUT2D eigenvalue weighted by atomic mass is 10.3. The molecule has 0 aliphatic heterocycles. The summed E-state index contributed by atoms with van der Waals surface area (Å²) in [5, 5.41) is 3.20. The van der Waals surface area contributed by atoms with Crippen LogP contribution in [0.25, 0.3) is 0 Å². The van der Waals surface area contributed by atoms with Crippen molar-refractivity contribution in [2.75, 3.05) is 4.72 Å². The third kappa shape index (κ3) is 2.79. The fourth-order valence-corrected chi connectivity index (χ4v) is 3.53. The van der Waals surface area contributed by atoms with Gasteiger partial charge in [-0.15, -0.1) is 0 Å². The average Bonchev–Trinajstić information content (AvgIpc) is 2.66. The molecular formula is C10H7BrClF2N3O2S. The fraction of sp³-hybridized carbons (Fsp3) is 0.100. The highest BCUT2D eigenvalue weighted by Crippen LogP contribution is 2.27. The van der Waals surface area contributed by atoms with Gasteiger partial charge in [-0.3, -0.25) is 9.40 Å². The summed E-state index contributed by atoms with van der Waals surface area (Å²) in [5.41, 5.74) is -0.525. The molecule has 1 aromatic carbocycles. The minimum Gasteiger partial charge on any atom is -0.275 e. The standard InChI is InChI=1S/C10H7BrClF2N3O2S/c1-17-10(6(12)4-15-17)20(18,19)16-9-3-7(13)5(11)2-8(9)14/h2-4,16H,1H3. The largest absolute Gasteiger partial charge is 0.280 e. The molecule has 0 bridgehead atoms. The summed E-state index contributed by atoms with van der Waals surface area (Å²) in [7, 11) is -2.83. The molecule has 1 N–H and O–H groups in total. The number of sulfonamides is 1. The molecule has 0 fully saturated rings. The first kappa shape index (κ1) is 15.2. The van der Waals surface area contributed by atoms with E-state index >= 15 is 0 Å². The molecular weight excluding hydrogens is 380 g/mol. The van der Waals surface area contributed by atoms with Gasteiger partial charge in [0, 0.05) is 13.1 Å². The number of aryl methyl sites for hydroxylation is 1. The summed E-state index contributed by atoms with van der Waals surface area (Å²) < 4.78 is 54.0. The van der Waals surface area contributed by atoms with Crippen molar-refractivity contribution in [3.05, 3.63) is 39.5 Å². The molecule has 0 amide bonds. The van der Waals surface area contributed by atoms with E-state index in [4.69, 9.17) is 11.6 Å². The highest BCUT2D eigenvalue weighted by Gasteiger charge is 2.24. The number of hydrogen-bond acceptors (Lipinski definition) is 3. The van der Waals surface area contributed by atoms with Gasteiger partial charge in [-0.2, -0.15) is 13.5 Å². The van der Waals surface area contributed by atoms with Crippen molar-refractivity contribution < 1.29 is 17.2 Å². The van der Waals surface area contributed by atoms with E-state index in [2.05, 4.69) is 21.0 Å². The summed E-state index contributed by atoms with van der Waals surface area (Å²) in [6, 6.07) is 1.54. The predicted octanol–water partition coefficient (Wildman–Crippen LogP) is 2.92. The van der Waals surface area contributed by atoms with Crippen molar-refractivity contribution in [3.8, 4) is 0 Å². The fourth-order valence-electron chi connectivity index (χ4n) is 1.50. The van der Waals surface area contributed by atoms with Gasteiger partial charge in [-0.1, -0.05) is 11.6 Å². The van der Waals surface area contributed by atoms with Crippen molar-refractivity contribution >= 4 is 43.2 Å². The quantitative estimate of drug-likeness (QED) is 0.825. The molecule has 0 saturated carbocycles. The van der Waals surface area contributed by atoms with Crippen molar-refractivity contribution in [1.29, 1.82) is 0 Å². The zero-order valence-corrected chi connectivity index (χ0v) is 13.0. The summed E-state index contributed by atoms with van der Waals surface area (Å²) >= 11 is 8.51. The minimum absolute atomic E-state index is 0.114. The Morgan fingerprint density at radius 3 is 2.55 bits per heavy atom. The van der Waals surface area contributed by atoms with Crippen molar-refractivity contribution in [2.24, 2.45) is 7.05 Å². The molecule has 1 aromatic heterocycles. The number of nitrogens with zero attached hydrogens (tertiary/aromatic N) is 2. The molecule has 0 saturated heterocycles. The highest BCUT2D eigenvalue weighted by molar-refractivity contribution is 9.10. The lowest BCUT2D eigenvalue weighted by Crippen LogP contribution is -2.18. The molecule has 20 heavy (non-hydrogen) atoms. The molecule has 108 valence electrons. The average molecular weight is 387 g/mol. The number of anilines is 1. The zero-order chi connectivity index (χ0) is 15.1. The van der Waals surface area contributed by atoms with Gasteiger partial charge in [-0.05, 0) is 22.0 Å². The van der Waals surface area contributed by atoms with Gasteiger partial charge >= 0.3 is 0 Å². The van der Waals surface area contributed by atoms with Crippen LogP contribution in [-0.4, -0.2) is 18.2 Å².